The van der Waals surface area contributed by atoms with Crippen molar-refractivity contribution in [2.45, 2.75) is 0 Å². The first-order valence-corrected chi connectivity index (χ1v) is 10.9. The van der Waals surface area contributed by atoms with Crippen LogP contribution < -0.4 is 0 Å². The van der Waals surface area contributed by atoms with Gasteiger partial charge in [0.2, 0.25) is 0 Å². The summed E-state index contributed by atoms with van der Waals surface area (Å²) in [5.74, 6) is 0. The number of hydrogen-bond acceptors (Lipinski definition) is 2. The average Bonchev–Trinajstić information content (AvgIpc) is 3.22. The summed E-state index contributed by atoms with van der Waals surface area (Å²) in [4.78, 5) is 7.98. The molecule has 3 heteroatoms. The molecule has 2 nitrogen and oxygen atoms in total. The number of rotatable bonds is 2. The number of thiophene rings is 1. The Hall–Kier alpha value is -4.00. The molecule has 0 aliphatic rings. The van der Waals surface area contributed by atoms with Gasteiger partial charge in [0.05, 0.1) is 12.3 Å². The Morgan fingerprint density at radius 2 is 1.55 bits per heavy atom. The largest absolute Gasteiger partial charge is 0.259 e. The molecule has 0 N–H and O–H groups in total. The van der Waals surface area contributed by atoms with Crippen molar-refractivity contribution < 1.29 is 0 Å². The topological polar surface area (TPSA) is 17.2 Å². The van der Waals surface area contributed by atoms with Gasteiger partial charge in [-0.05, 0) is 57.8 Å². The van der Waals surface area contributed by atoms with Gasteiger partial charge in [-0.2, -0.15) is 0 Å². The number of fused-ring (bicyclic) bond motifs is 5. The Balaban J connectivity index is 1.50. The second kappa shape index (κ2) is 7.05. The molecule has 0 aliphatic carbocycles. The van der Waals surface area contributed by atoms with Gasteiger partial charge in [0.25, 0.3) is 0 Å². The Morgan fingerprint density at radius 3 is 2.48 bits per heavy atom. The molecule has 0 amide bonds. The van der Waals surface area contributed by atoms with Gasteiger partial charge in [0, 0.05) is 26.4 Å². The van der Waals surface area contributed by atoms with Gasteiger partial charge in [-0.15, -0.1) is 11.3 Å². The van der Waals surface area contributed by atoms with E-state index in [1.807, 2.05) is 23.5 Å². The lowest BCUT2D eigenvalue weighted by Gasteiger charge is -2.06. The maximum absolute atomic E-state index is 7.25. The zero-order valence-corrected chi connectivity index (χ0v) is 17.4. The van der Waals surface area contributed by atoms with Crippen molar-refractivity contribution in [2.24, 2.45) is 0 Å². The number of aromatic nitrogens is 1. The van der Waals surface area contributed by atoms with Crippen LogP contribution in [0.5, 0.6) is 0 Å². The minimum atomic E-state index is 0.606. The van der Waals surface area contributed by atoms with E-state index in [0.29, 0.717) is 5.69 Å². The van der Waals surface area contributed by atoms with Crippen molar-refractivity contribution in [2.75, 3.05) is 0 Å². The molecule has 2 aromatic heterocycles. The summed E-state index contributed by atoms with van der Waals surface area (Å²) < 4.78 is 2.61. The van der Waals surface area contributed by atoms with E-state index >= 15 is 0 Å². The van der Waals surface area contributed by atoms with Crippen LogP contribution in [0.3, 0.4) is 0 Å². The second-order valence-electron chi connectivity index (χ2n) is 7.56. The molecule has 4 aromatic carbocycles. The van der Waals surface area contributed by atoms with Gasteiger partial charge in [-0.1, -0.05) is 60.7 Å². The van der Waals surface area contributed by atoms with Crippen molar-refractivity contribution in [1.82, 2.24) is 4.98 Å². The molecule has 0 fully saturated rings. The molecule has 2 heterocycles. The summed E-state index contributed by atoms with van der Waals surface area (Å²) >= 11 is 1.85. The molecule has 144 valence electrons. The molecule has 31 heavy (non-hydrogen) atoms. The van der Waals surface area contributed by atoms with Crippen LogP contribution in [0, 0.1) is 6.57 Å². The lowest BCUT2D eigenvalue weighted by atomic mass is 9.99. The van der Waals surface area contributed by atoms with Crippen LogP contribution in [0.1, 0.15) is 0 Å². The Kier molecular flexibility index (Phi) is 4.06. The highest BCUT2D eigenvalue weighted by Gasteiger charge is 2.10. The lowest BCUT2D eigenvalue weighted by Crippen LogP contribution is -1.84. The SMILES string of the molecule is [C-]#[N+]c1ccnc(-c2cccc(-c3ccc4c(c3)sc3ccc5ccccc5c34)c2)c1. The van der Waals surface area contributed by atoms with Crippen molar-refractivity contribution in [3.63, 3.8) is 0 Å². The smallest absolute Gasteiger partial charge is 0.190 e. The van der Waals surface area contributed by atoms with Crippen molar-refractivity contribution in [1.29, 1.82) is 0 Å². The molecule has 0 unspecified atom stereocenters. The predicted octanol–water partition coefficient (Wildman–Crippen LogP) is 8.49. The molecular formula is C28H16N2S. The van der Waals surface area contributed by atoms with Crippen molar-refractivity contribution in [3.8, 4) is 22.4 Å². The van der Waals surface area contributed by atoms with Gasteiger partial charge in [0.15, 0.2) is 5.69 Å². The van der Waals surface area contributed by atoms with Crippen LogP contribution in [0.15, 0.2) is 97.2 Å². The third kappa shape index (κ3) is 2.97. The summed E-state index contributed by atoms with van der Waals surface area (Å²) in [5.41, 5.74) is 4.78. The first kappa shape index (κ1) is 17.8. The number of nitrogens with zero attached hydrogens (tertiary/aromatic N) is 2. The molecule has 0 spiro atoms. The van der Waals surface area contributed by atoms with E-state index in [-0.39, 0.29) is 0 Å². The lowest BCUT2D eigenvalue weighted by molar-refractivity contribution is 1.33. The third-order valence-corrected chi connectivity index (χ3v) is 6.84. The van der Waals surface area contributed by atoms with Crippen LogP contribution in [-0.4, -0.2) is 4.98 Å². The number of benzene rings is 4. The zero-order chi connectivity index (χ0) is 20.8. The fraction of sp³-hybridized carbons (Fsp3) is 0. The fourth-order valence-corrected chi connectivity index (χ4v) is 5.39. The molecule has 6 rings (SSSR count). The predicted molar refractivity (Wildman–Crippen MR) is 132 cm³/mol. The van der Waals surface area contributed by atoms with E-state index < -0.39 is 0 Å². The minimum Gasteiger partial charge on any atom is -0.259 e. The van der Waals surface area contributed by atoms with E-state index in [1.165, 1.54) is 36.5 Å². The van der Waals surface area contributed by atoms with Gasteiger partial charge in [-0.25, -0.2) is 4.85 Å². The van der Waals surface area contributed by atoms with Crippen LogP contribution in [0.25, 0.3) is 58.2 Å². The third-order valence-electron chi connectivity index (χ3n) is 5.73. The Bertz CT molecular complexity index is 1650. The first-order valence-electron chi connectivity index (χ1n) is 10.1. The zero-order valence-electron chi connectivity index (χ0n) is 16.5. The summed E-state index contributed by atoms with van der Waals surface area (Å²) in [5, 5.41) is 5.24. The molecular weight excluding hydrogens is 396 g/mol. The molecule has 0 bridgehead atoms. The Labute approximate surface area is 183 Å². The van der Waals surface area contributed by atoms with Crippen LogP contribution in [0.4, 0.5) is 5.69 Å². The molecule has 0 saturated heterocycles. The maximum atomic E-state index is 7.25. The summed E-state index contributed by atoms with van der Waals surface area (Å²) in [7, 11) is 0. The van der Waals surface area contributed by atoms with E-state index in [1.54, 1.807) is 12.3 Å². The monoisotopic (exact) mass is 412 g/mol. The van der Waals surface area contributed by atoms with Gasteiger partial charge in [0.1, 0.15) is 0 Å². The molecule has 0 atom stereocenters. The quantitative estimate of drug-likeness (QED) is 0.261. The van der Waals surface area contributed by atoms with E-state index in [9.17, 15) is 0 Å². The van der Waals surface area contributed by atoms with Crippen LogP contribution in [-0.2, 0) is 0 Å². The first-order chi connectivity index (χ1) is 15.3. The number of hydrogen-bond donors (Lipinski definition) is 0. The van der Waals surface area contributed by atoms with Gasteiger partial charge < -0.3 is 0 Å². The van der Waals surface area contributed by atoms with Crippen molar-refractivity contribution >= 4 is 48.0 Å². The highest BCUT2D eigenvalue weighted by Crippen LogP contribution is 2.40. The van der Waals surface area contributed by atoms with Crippen LogP contribution >= 0.6 is 11.3 Å². The van der Waals surface area contributed by atoms with E-state index in [0.717, 1.165) is 16.8 Å². The van der Waals surface area contributed by atoms with Gasteiger partial charge >= 0.3 is 0 Å². The summed E-state index contributed by atoms with van der Waals surface area (Å²) in [6, 6.07) is 31.7. The highest BCUT2D eigenvalue weighted by molar-refractivity contribution is 7.26. The van der Waals surface area contributed by atoms with E-state index in [2.05, 4.69) is 82.6 Å². The maximum Gasteiger partial charge on any atom is 0.190 e. The number of pyridine rings is 1. The molecule has 0 radical (unpaired) electrons. The molecule has 6 aromatic rings. The summed E-state index contributed by atoms with van der Waals surface area (Å²) in [6.45, 7) is 7.25. The normalized spacial score (nSPS) is 11.2. The van der Waals surface area contributed by atoms with Crippen LogP contribution in [0.2, 0.25) is 0 Å². The van der Waals surface area contributed by atoms with E-state index in [4.69, 9.17) is 6.57 Å². The Morgan fingerprint density at radius 1 is 0.677 bits per heavy atom. The average molecular weight is 413 g/mol. The second-order valence-corrected chi connectivity index (χ2v) is 8.65. The summed E-state index contributed by atoms with van der Waals surface area (Å²) in [6.07, 6.45) is 1.70. The fourth-order valence-electron chi connectivity index (χ4n) is 4.23. The standard InChI is InChI=1S/C28H16N2S/c1-29-22-13-14-30-25(17-22)21-7-4-6-19(15-21)20-9-11-24-27(16-20)31-26-12-10-18-5-2-3-8-23(18)28(24)26/h2-17H. The highest BCUT2D eigenvalue weighted by atomic mass is 32.1. The van der Waals surface area contributed by atoms with Crippen molar-refractivity contribution in [3.05, 3.63) is 109 Å². The molecule has 0 aliphatic heterocycles. The minimum absolute atomic E-state index is 0.606. The molecule has 0 saturated carbocycles. The van der Waals surface area contributed by atoms with Gasteiger partial charge in [-0.3, -0.25) is 4.98 Å².